The Balaban J connectivity index is 1.29. The van der Waals surface area contributed by atoms with Crippen LogP contribution in [0.4, 0.5) is 11.5 Å². The fourth-order valence-electron chi connectivity index (χ4n) is 4.44. The summed E-state index contributed by atoms with van der Waals surface area (Å²) < 4.78 is 3.75. The molecule has 6 aromatic rings. The summed E-state index contributed by atoms with van der Waals surface area (Å²) in [5.41, 5.74) is 11.8. The normalized spacial score (nSPS) is 11.1. The number of rotatable bonds is 5. The number of para-hydroxylation sites is 1. The average Bonchev–Trinajstić information content (AvgIpc) is 3.52. The fourth-order valence-corrected chi connectivity index (χ4v) is 4.44. The molecule has 37 heavy (non-hydrogen) atoms. The maximum atomic E-state index is 13.1. The maximum absolute atomic E-state index is 13.1. The molecule has 6 rings (SSSR count). The molecule has 0 saturated heterocycles. The molecule has 0 unspecified atom stereocenters. The number of fused-ring (bicyclic) bond motifs is 1. The predicted molar refractivity (Wildman–Crippen MR) is 145 cm³/mol. The Labute approximate surface area is 213 Å². The molecule has 1 amide bonds. The third-order valence-corrected chi connectivity index (χ3v) is 6.32. The Morgan fingerprint density at radius 3 is 2.57 bits per heavy atom. The van der Waals surface area contributed by atoms with E-state index in [9.17, 15) is 4.79 Å². The highest BCUT2D eigenvalue weighted by atomic mass is 16.1. The van der Waals surface area contributed by atoms with E-state index in [1.165, 1.54) is 6.33 Å². The van der Waals surface area contributed by atoms with Crippen LogP contribution in [0.15, 0.2) is 104 Å². The van der Waals surface area contributed by atoms with Gasteiger partial charge in [-0.2, -0.15) is 5.10 Å². The number of aromatic nitrogens is 5. The molecule has 8 heteroatoms. The van der Waals surface area contributed by atoms with Crippen LogP contribution in [-0.2, 0) is 0 Å². The average molecular weight is 486 g/mol. The number of carbonyl (C=O) groups is 1. The number of hydrogen-bond donors (Lipinski definition) is 2. The van der Waals surface area contributed by atoms with Crippen LogP contribution in [0.5, 0.6) is 0 Å². The van der Waals surface area contributed by atoms with Crippen LogP contribution in [0.1, 0.15) is 16.1 Å². The van der Waals surface area contributed by atoms with E-state index in [0.717, 1.165) is 33.4 Å². The van der Waals surface area contributed by atoms with Crippen LogP contribution >= 0.6 is 0 Å². The molecule has 3 aromatic heterocycles. The molecule has 0 aliphatic carbocycles. The lowest BCUT2D eigenvalue weighted by Gasteiger charge is -2.10. The SMILES string of the molecule is Cc1c(C(=O)Nc2cccc(-c3ccc4ccn(-c5cc(N)ncn5)c4c3)c2)cnn1-c1ccccc1. The van der Waals surface area contributed by atoms with Gasteiger partial charge in [0, 0.05) is 23.3 Å². The minimum absolute atomic E-state index is 0.206. The van der Waals surface area contributed by atoms with E-state index in [1.54, 1.807) is 16.9 Å². The highest BCUT2D eigenvalue weighted by Crippen LogP contribution is 2.29. The number of benzene rings is 3. The third kappa shape index (κ3) is 4.21. The van der Waals surface area contributed by atoms with Crippen molar-refractivity contribution in [2.24, 2.45) is 0 Å². The molecule has 0 atom stereocenters. The van der Waals surface area contributed by atoms with Gasteiger partial charge >= 0.3 is 0 Å². The molecule has 3 aromatic carbocycles. The highest BCUT2D eigenvalue weighted by molar-refractivity contribution is 6.05. The second kappa shape index (κ2) is 9.09. The van der Waals surface area contributed by atoms with Gasteiger partial charge in [-0.15, -0.1) is 0 Å². The summed E-state index contributed by atoms with van der Waals surface area (Å²) in [6.07, 6.45) is 5.02. The molecule has 180 valence electrons. The summed E-state index contributed by atoms with van der Waals surface area (Å²) in [6, 6.07) is 27.5. The second-order valence-electron chi connectivity index (χ2n) is 8.69. The van der Waals surface area contributed by atoms with Crippen LogP contribution in [0.3, 0.4) is 0 Å². The van der Waals surface area contributed by atoms with Crippen LogP contribution in [0.25, 0.3) is 33.5 Å². The second-order valence-corrected chi connectivity index (χ2v) is 8.69. The Bertz CT molecular complexity index is 1750. The smallest absolute Gasteiger partial charge is 0.259 e. The van der Waals surface area contributed by atoms with Crippen molar-refractivity contribution in [2.75, 3.05) is 11.1 Å². The number of amides is 1. The number of nitrogen functional groups attached to an aromatic ring is 1. The monoisotopic (exact) mass is 485 g/mol. The van der Waals surface area contributed by atoms with Crippen LogP contribution in [-0.4, -0.2) is 30.2 Å². The summed E-state index contributed by atoms with van der Waals surface area (Å²) in [6.45, 7) is 1.89. The lowest BCUT2D eigenvalue weighted by atomic mass is 10.0. The Kier molecular flexibility index (Phi) is 5.46. The van der Waals surface area contributed by atoms with Crippen molar-refractivity contribution in [1.29, 1.82) is 0 Å². The van der Waals surface area contributed by atoms with E-state index in [-0.39, 0.29) is 5.91 Å². The van der Waals surface area contributed by atoms with Crippen LogP contribution < -0.4 is 11.1 Å². The number of hydrogen-bond acceptors (Lipinski definition) is 5. The standard InChI is InChI=1S/C29H23N7O/c1-19-25(17-33-36(19)24-8-3-2-4-9-24)29(37)34-23-7-5-6-21(14-23)22-11-10-20-12-13-35(26(20)15-22)28-16-27(30)31-18-32-28/h2-18H,1H3,(H,34,37)(H2,30,31,32). The molecular formula is C29H23N7O. The number of nitrogens with one attached hydrogen (secondary N) is 1. The highest BCUT2D eigenvalue weighted by Gasteiger charge is 2.16. The lowest BCUT2D eigenvalue weighted by Crippen LogP contribution is -2.13. The van der Waals surface area contributed by atoms with Gasteiger partial charge in [-0.1, -0.05) is 42.5 Å². The molecule has 8 nitrogen and oxygen atoms in total. The number of anilines is 2. The zero-order chi connectivity index (χ0) is 25.4. The van der Waals surface area contributed by atoms with Gasteiger partial charge in [-0.25, -0.2) is 14.6 Å². The van der Waals surface area contributed by atoms with E-state index in [0.29, 0.717) is 22.9 Å². The number of carbonyl (C=O) groups excluding carboxylic acids is 1. The van der Waals surface area contributed by atoms with Gasteiger partial charge in [0.25, 0.3) is 5.91 Å². The van der Waals surface area contributed by atoms with Crippen molar-refractivity contribution in [3.8, 4) is 22.6 Å². The van der Waals surface area contributed by atoms with Gasteiger partial charge in [0.15, 0.2) is 0 Å². The van der Waals surface area contributed by atoms with Crippen molar-refractivity contribution in [2.45, 2.75) is 6.92 Å². The summed E-state index contributed by atoms with van der Waals surface area (Å²) >= 11 is 0. The zero-order valence-corrected chi connectivity index (χ0v) is 20.0. The number of nitrogens with zero attached hydrogens (tertiary/aromatic N) is 5. The van der Waals surface area contributed by atoms with Crippen molar-refractivity contribution >= 4 is 28.3 Å². The molecule has 0 saturated carbocycles. The van der Waals surface area contributed by atoms with E-state index < -0.39 is 0 Å². The lowest BCUT2D eigenvalue weighted by molar-refractivity contribution is 0.102. The quantitative estimate of drug-likeness (QED) is 0.340. The predicted octanol–water partition coefficient (Wildman–Crippen LogP) is 5.42. The van der Waals surface area contributed by atoms with Gasteiger partial charge in [-0.05, 0) is 54.4 Å². The van der Waals surface area contributed by atoms with Gasteiger partial charge in [0.2, 0.25) is 0 Å². The van der Waals surface area contributed by atoms with Crippen molar-refractivity contribution in [3.63, 3.8) is 0 Å². The molecular weight excluding hydrogens is 462 g/mol. The summed E-state index contributed by atoms with van der Waals surface area (Å²) in [4.78, 5) is 21.4. The summed E-state index contributed by atoms with van der Waals surface area (Å²) in [7, 11) is 0. The van der Waals surface area contributed by atoms with Gasteiger partial charge in [-0.3, -0.25) is 4.79 Å². The third-order valence-electron chi connectivity index (χ3n) is 6.32. The topological polar surface area (TPSA) is 104 Å². The van der Waals surface area contributed by atoms with E-state index in [1.807, 2.05) is 78.4 Å². The molecule has 0 radical (unpaired) electrons. The minimum atomic E-state index is -0.206. The molecule has 3 heterocycles. The molecule has 0 bridgehead atoms. The minimum Gasteiger partial charge on any atom is -0.384 e. The maximum Gasteiger partial charge on any atom is 0.259 e. The van der Waals surface area contributed by atoms with E-state index in [4.69, 9.17) is 5.73 Å². The Morgan fingerprint density at radius 2 is 1.73 bits per heavy atom. The number of nitrogens with two attached hydrogens (primary N) is 1. The first kappa shape index (κ1) is 22.2. The summed E-state index contributed by atoms with van der Waals surface area (Å²) in [5, 5.41) is 8.51. The van der Waals surface area contributed by atoms with E-state index in [2.05, 4.69) is 38.6 Å². The molecule has 3 N–H and O–H groups in total. The Hall–Kier alpha value is -5.24. The molecule has 0 aliphatic heterocycles. The fraction of sp³-hybridized carbons (Fsp3) is 0.0345. The van der Waals surface area contributed by atoms with E-state index >= 15 is 0 Å². The van der Waals surface area contributed by atoms with Crippen LogP contribution in [0, 0.1) is 6.92 Å². The largest absolute Gasteiger partial charge is 0.384 e. The van der Waals surface area contributed by atoms with Gasteiger partial charge in [0.05, 0.1) is 28.7 Å². The summed E-state index contributed by atoms with van der Waals surface area (Å²) in [5.74, 6) is 0.908. The van der Waals surface area contributed by atoms with Crippen molar-refractivity contribution < 1.29 is 4.79 Å². The Morgan fingerprint density at radius 1 is 0.892 bits per heavy atom. The first-order valence-corrected chi connectivity index (χ1v) is 11.8. The van der Waals surface area contributed by atoms with Crippen LogP contribution in [0.2, 0.25) is 0 Å². The van der Waals surface area contributed by atoms with Gasteiger partial charge < -0.3 is 15.6 Å². The molecule has 0 spiro atoms. The zero-order valence-electron chi connectivity index (χ0n) is 20.0. The molecule has 0 aliphatic rings. The molecule has 0 fully saturated rings. The van der Waals surface area contributed by atoms with Crippen molar-refractivity contribution in [1.82, 2.24) is 24.3 Å². The van der Waals surface area contributed by atoms with Crippen molar-refractivity contribution in [3.05, 3.63) is 115 Å². The van der Waals surface area contributed by atoms with Gasteiger partial charge in [0.1, 0.15) is 18.0 Å². The first-order valence-electron chi connectivity index (χ1n) is 11.8. The first-order chi connectivity index (χ1) is 18.1.